The fourth-order valence-corrected chi connectivity index (χ4v) is 1.86. The Morgan fingerprint density at radius 3 is 2.94 bits per heavy atom. The van der Waals surface area contributed by atoms with Crippen molar-refractivity contribution in [3.63, 3.8) is 0 Å². The van der Waals surface area contributed by atoms with Gasteiger partial charge in [-0.1, -0.05) is 6.07 Å². The molecule has 6 nitrogen and oxygen atoms in total. The van der Waals surface area contributed by atoms with E-state index in [4.69, 9.17) is 0 Å². The van der Waals surface area contributed by atoms with Crippen molar-refractivity contribution in [2.75, 3.05) is 0 Å². The topological polar surface area (TPSA) is 78.0 Å². The number of aromatic nitrogens is 2. The van der Waals surface area contributed by atoms with Crippen LogP contribution in [0.15, 0.2) is 29.8 Å². The highest BCUT2D eigenvalue weighted by Crippen LogP contribution is 2.11. The summed E-state index contributed by atoms with van der Waals surface area (Å²) in [5, 5.41) is 15.8. The maximum Gasteiger partial charge on any atom is 0.389 e. The van der Waals surface area contributed by atoms with Gasteiger partial charge in [-0.3, -0.25) is 4.79 Å². The van der Waals surface area contributed by atoms with Gasteiger partial charge in [0.1, 0.15) is 6.54 Å². The fourth-order valence-electron chi connectivity index (χ4n) is 1.20. The molecule has 0 aliphatic rings. The van der Waals surface area contributed by atoms with Crippen LogP contribution in [0.3, 0.4) is 0 Å². The molecule has 0 N–H and O–H groups in total. The summed E-state index contributed by atoms with van der Waals surface area (Å²) in [6.07, 6.45) is 1.42. The second-order valence-corrected chi connectivity index (χ2v) is 3.98. The van der Waals surface area contributed by atoms with Gasteiger partial charge < -0.3 is 10.1 Å². The van der Waals surface area contributed by atoms with Crippen molar-refractivity contribution in [3.8, 4) is 0 Å². The van der Waals surface area contributed by atoms with Crippen LogP contribution in [0, 0.1) is 10.1 Å². The van der Waals surface area contributed by atoms with Crippen LogP contribution in [0.5, 0.6) is 0 Å². The van der Waals surface area contributed by atoms with Gasteiger partial charge >= 0.3 is 5.82 Å². The fraction of sp³-hybridized carbons (Fsp3) is 0.111. The molecule has 2 aromatic heterocycles. The molecule has 0 fully saturated rings. The molecule has 2 rings (SSSR count). The number of hydrogen-bond acceptors (Lipinski definition) is 5. The van der Waals surface area contributed by atoms with Crippen molar-refractivity contribution >= 4 is 22.9 Å². The largest absolute Gasteiger partial charge is 0.389 e. The molecular weight excluding hydrogens is 230 g/mol. The van der Waals surface area contributed by atoms with Gasteiger partial charge in [0.2, 0.25) is 0 Å². The lowest BCUT2D eigenvalue weighted by molar-refractivity contribution is -0.389. The smallest absolute Gasteiger partial charge is 0.358 e. The van der Waals surface area contributed by atoms with Crippen molar-refractivity contribution in [1.82, 2.24) is 9.78 Å². The molecule has 0 saturated carbocycles. The molecule has 16 heavy (non-hydrogen) atoms. The SMILES string of the molecule is O=C(Cn1ccc([N+](=O)[O-])n1)c1cccs1. The molecule has 7 heteroatoms. The second kappa shape index (κ2) is 4.23. The Morgan fingerprint density at radius 1 is 1.56 bits per heavy atom. The van der Waals surface area contributed by atoms with Crippen LogP contribution in [-0.4, -0.2) is 20.5 Å². The molecule has 0 spiro atoms. The third kappa shape index (κ3) is 2.14. The van der Waals surface area contributed by atoms with E-state index in [1.54, 1.807) is 17.5 Å². The molecule has 0 saturated heterocycles. The normalized spacial score (nSPS) is 10.2. The van der Waals surface area contributed by atoms with Crippen molar-refractivity contribution in [2.24, 2.45) is 0 Å². The lowest BCUT2D eigenvalue weighted by Gasteiger charge is -1.93. The number of nitrogens with zero attached hydrogens (tertiary/aromatic N) is 3. The summed E-state index contributed by atoms with van der Waals surface area (Å²) in [5.41, 5.74) is 0. The minimum absolute atomic E-state index is 0.0222. The van der Waals surface area contributed by atoms with E-state index >= 15 is 0 Å². The highest BCUT2D eigenvalue weighted by atomic mass is 32.1. The van der Waals surface area contributed by atoms with Crippen LogP contribution >= 0.6 is 11.3 Å². The quantitative estimate of drug-likeness (QED) is 0.461. The first-order valence-electron chi connectivity index (χ1n) is 4.41. The predicted octanol–water partition coefficient (Wildman–Crippen LogP) is 1.74. The van der Waals surface area contributed by atoms with E-state index in [1.165, 1.54) is 28.3 Å². The Morgan fingerprint density at radius 2 is 2.38 bits per heavy atom. The summed E-state index contributed by atoms with van der Waals surface area (Å²) < 4.78 is 1.26. The van der Waals surface area contributed by atoms with Crippen molar-refractivity contribution in [2.45, 2.75) is 6.54 Å². The number of carbonyl (C=O) groups excluding carboxylic acids is 1. The maximum absolute atomic E-state index is 11.6. The zero-order chi connectivity index (χ0) is 11.5. The number of Topliss-reactive ketones (excluding diaryl/α,β-unsaturated/α-hetero) is 1. The molecule has 0 amide bonds. The van der Waals surface area contributed by atoms with Gasteiger partial charge in [0, 0.05) is 0 Å². The van der Waals surface area contributed by atoms with Crippen molar-refractivity contribution < 1.29 is 9.72 Å². The highest BCUT2D eigenvalue weighted by Gasteiger charge is 2.14. The first-order chi connectivity index (χ1) is 7.66. The van der Waals surface area contributed by atoms with Crippen LogP contribution in [-0.2, 0) is 6.54 Å². The third-order valence-electron chi connectivity index (χ3n) is 1.92. The molecule has 82 valence electrons. The Bertz CT molecular complexity index is 518. The van der Waals surface area contributed by atoms with E-state index in [1.807, 2.05) is 0 Å². The summed E-state index contributed by atoms with van der Waals surface area (Å²) in [5.74, 6) is -0.355. The third-order valence-corrected chi connectivity index (χ3v) is 2.83. The number of nitro groups is 1. The molecule has 0 atom stereocenters. The van der Waals surface area contributed by atoms with Crippen LogP contribution in [0.4, 0.5) is 5.82 Å². The number of hydrogen-bond donors (Lipinski definition) is 0. The van der Waals surface area contributed by atoms with E-state index in [9.17, 15) is 14.9 Å². The standard InChI is InChI=1S/C9H7N3O3S/c13-7(8-2-1-5-16-8)6-11-4-3-9(10-11)12(14)15/h1-5H,6H2. The molecule has 2 aromatic rings. The van der Waals surface area contributed by atoms with Crippen molar-refractivity contribution in [1.29, 1.82) is 0 Å². The average molecular weight is 237 g/mol. The van der Waals surface area contributed by atoms with Gasteiger partial charge in [-0.05, 0) is 16.4 Å². The van der Waals surface area contributed by atoms with E-state index in [2.05, 4.69) is 5.10 Å². The van der Waals surface area contributed by atoms with E-state index in [0.29, 0.717) is 4.88 Å². The van der Waals surface area contributed by atoms with Crippen LogP contribution < -0.4 is 0 Å². The van der Waals surface area contributed by atoms with Gasteiger partial charge in [-0.25, -0.2) is 0 Å². The lowest BCUT2D eigenvalue weighted by Crippen LogP contribution is -2.09. The molecule has 0 bridgehead atoms. The minimum Gasteiger partial charge on any atom is -0.358 e. The summed E-state index contributed by atoms with van der Waals surface area (Å²) in [4.78, 5) is 22.0. The molecule has 0 unspecified atom stereocenters. The summed E-state index contributed by atoms with van der Waals surface area (Å²) in [6, 6.07) is 4.76. The van der Waals surface area contributed by atoms with E-state index in [0.717, 1.165) is 0 Å². The van der Waals surface area contributed by atoms with E-state index < -0.39 is 4.92 Å². The van der Waals surface area contributed by atoms with Gasteiger partial charge in [0.25, 0.3) is 0 Å². The van der Waals surface area contributed by atoms with Crippen LogP contribution in [0.1, 0.15) is 9.67 Å². The molecular formula is C9H7N3O3S. The first-order valence-corrected chi connectivity index (χ1v) is 5.29. The zero-order valence-corrected chi connectivity index (χ0v) is 8.88. The molecule has 0 radical (unpaired) electrons. The number of rotatable bonds is 4. The van der Waals surface area contributed by atoms with Crippen LogP contribution in [0.25, 0.3) is 0 Å². The summed E-state index contributed by atoms with van der Waals surface area (Å²) in [6.45, 7) is 0.0222. The second-order valence-electron chi connectivity index (χ2n) is 3.03. The monoisotopic (exact) mass is 237 g/mol. The van der Waals surface area contributed by atoms with Gasteiger partial charge in [-0.2, -0.15) is 4.68 Å². The molecule has 0 aliphatic carbocycles. The summed E-state index contributed by atoms with van der Waals surface area (Å²) in [7, 11) is 0. The average Bonchev–Trinajstić information content (AvgIpc) is 2.87. The Balaban J connectivity index is 2.09. The minimum atomic E-state index is -0.591. The Kier molecular flexibility index (Phi) is 2.78. The van der Waals surface area contributed by atoms with Crippen LogP contribution in [0.2, 0.25) is 0 Å². The van der Waals surface area contributed by atoms with Gasteiger partial charge in [0.05, 0.1) is 22.2 Å². The molecule has 2 heterocycles. The maximum atomic E-state index is 11.6. The molecule has 0 aliphatic heterocycles. The lowest BCUT2D eigenvalue weighted by atomic mass is 10.3. The Hall–Kier alpha value is -2.02. The summed E-state index contributed by atoms with van der Waals surface area (Å²) >= 11 is 1.34. The van der Waals surface area contributed by atoms with E-state index in [-0.39, 0.29) is 18.1 Å². The number of ketones is 1. The predicted molar refractivity (Wildman–Crippen MR) is 57.5 cm³/mol. The highest BCUT2D eigenvalue weighted by molar-refractivity contribution is 7.12. The number of carbonyl (C=O) groups is 1. The first kappa shape index (κ1) is 10.5. The van der Waals surface area contributed by atoms with Crippen molar-refractivity contribution in [3.05, 3.63) is 44.8 Å². The zero-order valence-electron chi connectivity index (χ0n) is 8.07. The van der Waals surface area contributed by atoms with Gasteiger partial charge in [0.15, 0.2) is 5.78 Å². The molecule has 0 aromatic carbocycles. The van der Waals surface area contributed by atoms with Gasteiger partial charge in [-0.15, -0.1) is 11.3 Å². The Labute approximate surface area is 94.3 Å². The number of thiophene rings is 1.